The number of hydrogen-bond donors (Lipinski definition) is 0. The average molecular weight is 332 g/mol. The fourth-order valence-electron chi connectivity index (χ4n) is 3.88. The van der Waals surface area contributed by atoms with E-state index in [0.29, 0.717) is 12.7 Å². The molecule has 1 aromatic carbocycles. The first-order valence-electron chi connectivity index (χ1n) is 8.57. The van der Waals surface area contributed by atoms with E-state index in [9.17, 15) is 4.79 Å². The van der Waals surface area contributed by atoms with Gasteiger partial charge >= 0.3 is 0 Å². The highest BCUT2D eigenvalue weighted by molar-refractivity contribution is 5.80. The molecule has 0 saturated carbocycles. The number of piperidine rings is 1. The number of nitrogens with zero attached hydrogens (tertiary/aromatic N) is 2. The van der Waals surface area contributed by atoms with Crippen LogP contribution in [0.1, 0.15) is 18.4 Å². The van der Waals surface area contributed by atoms with Gasteiger partial charge in [-0.25, -0.2) is 0 Å². The molecular weight excluding hydrogens is 308 g/mol. The number of fused-ring (bicyclic) bond motifs is 2. The lowest BCUT2D eigenvalue weighted by molar-refractivity contribution is -0.141. The van der Waals surface area contributed by atoms with Gasteiger partial charge in [-0.1, -0.05) is 6.07 Å². The van der Waals surface area contributed by atoms with Crippen molar-refractivity contribution in [2.45, 2.75) is 31.6 Å². The summed E-state index contributed by atoms with van der Waals surface area (Å²) in [5.41, 5.74) is 1.22. The van der Waals surface area contributed by atoms with Gasteiger partial charge in [-0.3, -0.25) is 9.69 Å². The Kier molecular flexibility index (Phi) is 4.10. The van der Waals surface area contributed by atoms with Gasteiger partial charge in [0.15, 0.2) is 11.5 Å². The van der Waals surface area contributed by atoms with Crippen molar-refractivity contribution < 1.29 is 19.0 Å². The van der Waals surface area contributed by atoms with Gasteiger partial charge in [0.05, 0.1) is 6.10 Å². The molecule has 6 nitrogen and oxygen atoms in total. The summed E-state index contributed by atoms with van der Waals surface area (Å²) in [6.45, 7) is 3.11. The van der Waals surface area contributed by atoms with Gasteiger partial charge in [0, 0.05) is 27.2 Å². The van der Waals surface area contributed by atoms with E-state index in [-0.39, 0.29) is 18.1 Å². The molecule has 6 heteroatoms. The van der Waals surface area contributed by atoms with Crippen LogP contribution in [0.2, 0.25) is 0 Å². The summed E-state index contributed by atoms with van der Waals surface area (Å²) in [4.78, 5) is 16.2. The Hall–Kier alpha value is -1.79. The molecule has 2 fully saturated rings. The summed E-state index contributed by atoms with van der Waals surface area (Å²) < 4.78 is 16.9. The van der Waals surface area contributed by atoms with E-state index in [4.69, 9.17) is 14.2 Å². The van der Waals surface area contributed by atoms with Crippen LogP contribution in [-0.2, 0) is 16.1 Å². The summed E-state index contributed by atoms with van der Waals surface area (Å²) in [5, 5.41) is 0. The molecule has 0 aliphatic carbocycles. The van der Waals surface area contributed by atoms with E-state index >= 15 is 0 Å². The standard InChI is InChI=1S/C18H24N2O4/c1-19(2)18(21)16-8-13-5-6-20(10-17(13)24-16)9-12-3-4-14-15(7-12)23-11-22-14/h3-4,7,13,16-17H,5-6,8-11H2,1-2H3/t13-,16+,17-/m1/s1. The molecular formula is C18H24N2O4. The number of hydrogen-bond acceptors (Lipinski definition) is 5. The highest BCUT2D eigenvalue weighted by Crippen LogP contribution is 2.36. The Morgan fingerprint density at radius 1 is 1.29 bits per heavy atom. The highest BCUT2D eigenvalue weighted by Gasteiger charge is 2.42. The molecule has 1 amide bonds. The Labute approximate surface area is 142 Å². The highest BCUT2D eigenvalue weighted by atomic mass is 16.7. The monoisotopic (exact) mass is 332 g/mol. The third-order valence-electron chi connectivity index (χ3n) is 5.20. The minimum absolute atomic E-state index is 0.0896. The topological polar surface area (TPSA) is 51.2 Å². The lowest BCUT2D eigenvalue weighted by atomic mass is 9.91. The summed E-state index contributed by atoms with van der Waals surface area (Å²) in [5.74, 6) is 2.25. The second-order valence-corrected chi connectivity index (χ2v) is 7.10. The van der Waals surface area contributed by atoms with Crippen LogP contribution in [0.5, 0.6) is 11.5 Å². The van der Waals surface area contributed by atoms with Crippen molar-refractivity contribution in [2.24, 2.45) is 5.92 Å². The number of likely N-dealkylation sites (N-methyl/N-ethyl adjacent to an activating group) is 1. The van der Waals surface area contributed by atoms with Crippen LogP contribution < -0.4 is 9.47 Å². The molecule has 0 aromatic heterocycles. The van der Waals surface area contributed by atoms with E-state index in [1.165, 1.54) is 5.56 Å². The van der Waals surface area contributed by atoms with Crippen LogP contribution in [0, 0.1) is 5.92 Å². The minimum atomic E-state index is -0.263. The second-order valence-electron chi connectivity index (χ2n) is 7.10. The van der Waals surface area contributed by atoms with Crippen molar-refractivity contribution in [2.75, 3.05) is 34.0 Å². The minimum Gasteiger partial charge on any atom is -0.454 e. The Balaban J connectivity index is 1.37. The predicted octanol–water partition coefficient (Wildman–Crippen LogP) is 1.48. The number of benzene rings is 1. The maximum atomic E-state index is 12.1. The van der Waals surface area contributed by atoms with Crippen molar-refractivity contribution in [1.29, 1.82) is 0 Å². The van der Waals surface area contributed by atoms with Crippen LogP contribution in [0.15, 0.2) is 18.2 Å². The first-order chi connectivity index (χ1) is 11.6. The molecule has 3 atom stereocenters. The van der Waals surface area contributed by atoms with Crippen LogP contribution in [0.3, 0.4) is 0 Å². The van der Waals surface area contributed by atoms with Gasteiger partial charge in [0.1, 0.15) is 6.10 Å². The first-order valence-corrected chi connectivity index (χ1v) is 8.57. The van der Waals surface area contributed by atoms with Gasteiger partial charge in [0.2, 0.25) is 6.79 Å². The fraction of sp³-hybridized carbons (Fsp3) is 0.611. The quantitative estimate of drug-likeness (QED) is 0.839. The van der Waals surface area contributed by atoms with E-state index < -0.39 is 0 Å². The SMILES string of the molecule is CN(C)C(=O)[C@@H]1C[C@H]2CCN(Cc3ccc4c(c3)OCO4)C[C@H]2O1. The molecule has 0 radical (unpaired) electrons. The van der Waals surface area contributed by atoms with Crippen molar-refractivity contribution in [3.63, 3.8) is 0 Å². The van der Waals surface area contributed by atoms with E-state index in [1.54, 1.807) is 19.0 Å². The van der Waals surface area contributed by atoms with Gasteiger partial charge in [0.25, 0.3) is 5.91 Å². The largest absolute Gasteiger partial charge is 0.454 e. The zero-order valence-corrected chi connectivity index (χ0v) is 14.2. The lowest BCUT2D eigenvalue weighted by Crippen LogP contribution is -2.42. The zero-order valence-electron chi connectivity index (χ0n) is 14.2. The van der Waals surface area contributed by atoms with Crippen molar-refractivity contribution in [3.8, 4) is 11.5 Å². The number of amides is 1. The summed E-state index contributed by atoms with van der Waals surface area (Å²) >= 11 is 0. The van der Waals surface area contributed by atoms with E-state index in [2.05, 4.69) is 17.0 Å². The lowest BCUT2D eigenvalue weighted by Gasteiger charge is -2.34. The first kappa shape index (κ1) is 15.7. The van der Waals surface area contributed by atoms with Crippen molar-refractivity contribution in [1.82, 2.24) is 9.80 Å². The van der Waals surface area contributed by atoms with E-state index in [1.807, 2.05) is 6.07 Å². The number of ether oxygens (including phenoxy) is 3. The molecule has 130 valence electrons. The number of carbonyl (C=O) groups is 1. The average Bonchev–Trinajstić information content (AvgIpc) is 3.19. The molecule has 1 aromatic rings. The molecule has 0 N–H and O–H groups in total. The molecule has 24 heavy (non-hydrogen) atoms. The molecule has 0 spiro atoms. The summed E-state index contributed by atoms with van der Waals surface area (Å²) in [6, 6.07) is 6.12. The maximum absolute atomic E-state index is 12.1. The van der Waals surface area contributed by atoms with Crippen LogP contribution >= 0.6 is 0 Å². The second kappa shape index (κ2) is 6.26. The smallest absolute Gasteiger partial charge is 0.251 e. The van der Waals surface area contributed by atoms with Crippen LogP contribution in [-0.4, -0.2) is 61.9 Å². The van der Waals surface area contributed by atoms with Gasteiger partial charge in [-0.05, 0) is 43.0 Å². The molecule has 3 aliphatic heterocycles. The molecule has 2 saturated heterocycles. The molecule has 0 unspecified atom stereocenters. The Morgan fingerprint density at radius 2 is 2.12 bits per heavy atom. The van der Waals surface area contributed by atoms with Gasteiger partial charge in [-0.2, -0.15) is 0 Å². The van der Waals surface area contributed by atoms with Crippen LogP contribution in [0.25, 0.3) is 0 Å². The summed E-state index contributed by atoms with van der Waals surface area (Å²) in [7, 11) is 3.58. The van der Waals surface area contributed by atoms with E-state index in [0.717, 1.165) is 44.0 Å². The molecule has 3 aliphatic rings. The molecule has 4 rings (SSSR count). The Morgan fingerprint density at radius 3 is 2.96 bits per heavy atom. The molecule has 3 heterocycles. The fourth-order valence-corrected chi connectivity index (χ4v) is 3.88. The summed E-state index contributed by atoms with van der Waals surface area (Å²) in [6.07, 6.45) is 1.86. The predicted molar refractivity (Wildman–Crippen MR) is 87.9 cm³/mol. The van der Waals surface area contributed by atoms with Crippen LogP contribution in [0.4, 0.5) is 0 Å². The molecule has 0 bridgehead atoms. The number of carbonyl (C=O) groups excluding carboxylic acids is 1. The zero-order chi connectivity index (χ0) is 16.7. The third-order valence-corrected chi connectivity index (χ3v) is 5.20. The normalized spacial score (nSPS) is 28.7. The number of likely N-dealkylation sites (tertiary alicyclic amines) is 1. The third kappa shape index (κ3) is 2.96. The maximum Gasteiger partial charge on any atom is 0.251 e. The van der Waals surface area contributed by atoms with Gasteiger partial charge < -0.3 is 19.1 Å². The van der Waals surface area contributed by atoms with Crippen molar-refractivity contribution >= 4 is 5.91 Å². The Bertz CT molecular complexity index is 633. The van der Waals surface area contributed by atoms with Gasteiger partial charge in [-0.15, -0.1) is 0 Å². The van der Waals surface area contributed by atoms with Crippen molar-refractivity contribution in [3.05, 3.63) is 23.8 Å². The number of rotatable bonds is 3.